The zero-order valence-electron chi connectivity index (χ0n) is 17.6. The van der Waals surface area contributed by atoms with Crippen LogP contribution in [-0.4, -0.2) is 34.9 Å². The lowest BCUT2D eigenvalue weighted by Gasteiger charge is -2.38. The Balaban J connectivity index is 1.75. The monoisotopic (exact) mass is 432 g/mol. The van der Waals surface area contributed by atoms with Crippen molar-refractivity contribution >= 4 is 11.8 Å². The summed E-state index contributed by atoms with van der Waals surface area (Å²) in [6.45, 7) is 2.35. The van der Waals surface area contributed by atoms with Gasteiger partial charge in [-0.2, -0.15) is 11.8 Å². The van der Waals surface area contributed by atoms with Crippen molar-refractivity contribution in [3.8, 4) is 0 Å². The van der Waals surface area contributed by atoms with Gasteiger partial charge in [0.25, 0.3) is 0 Å². The molecule has 4 heteroatoms. The van der Waals surface area contributed by atoms with Crippen LogP contribution < -0.4 is 0 Å². The molecular weight excluding hydrogens is 404 g/mol. The van der Waals surface area contributed by atoms with E-state index in [1.165, 1.54) is 0 Å². The van der Waals surface area contributed by atoms with Gasteiger partial charge < -0.3 is 14.6 Å². The molecule has 3 aromatic carbocycles. The Labute approximate surface area is 188 Å². The van der Waals surface area contributed by atoms with E-state index in [0.29, 0.717) is 0 Å². The predicted octanol–water partition coefficient (Wildman–Crippen LogP) is 5.39. The molecule has 1 heterocycles. The molecule has 0 amide bonds. The number of rotatable bonds is 8. The highest BCUT2D eigenvalue weighted by molar-refractivity contribution is 8.00. The van der Waals surface area contributed by atoms with Gasteiger partial charge in [0, 0.05) is 0 Å². The molecule has 3 aromatic rings. The molecule has 0 saturated carbocycles. The van der Waals surface area contributed by atoms with Gasteiger partial charge >= 0.3 is 0 Å². The third-order valence-corrected chi connectivity index (χ3v) is 6.76. The highest BCUT2D eigenvalue weighted by Crippen LogP contribution is 2.41. The van der Waals surface area contributed by atoms with E-state index in [9.17, 15) is 5.11 Å². The normalized spacial score (nSPS) is 20.9. The van der Waals surface area contributed by atoms with E-state index in [0.717, 1.165) is 22.4 Å². The van der Waals surface area contributed by atoms with E-state index in [1.54, 1.807) is 18.0 Å². The fraction of sp³-hybridized carbons (Fsp3) is 0.259. The molecule has 1 aliphatic heterocycles. The number of thioether (sulfide) groups is 1. The van der Waals surface area contributed by atoms with Crippen molar-refractivity contribution in [3.05, 3.63) is 120 Å². The summed E-state index contributed by atoms with van der Waals surface area (Å²) in [5.74, 6) is 0.932. The van der Waals surface area contributed by atoms with Gasteiger partial charge in [-0.15, -0.1) is 0 Å². The van der Waals surface area contributed by atoms with Gasteiger partial charge in [-0.25, -0.2) is 0 Å². The van der Waals surface area contributed by atoms with Crippen LogP contribution in [0.15, 0.2) is 103 Å². The van der Waals surface area contributed by atoms with E-state index >= 15 is 0 Å². The number of hydrogen-bond acceptors (Lipinski definition) is 4. The molecule has 0 spiro atoms. The van der Waals surface area contributed by atoms with Crippen molar-refractivity contribution in [3.63, 3.8) is 0 Å². The third kappa shape index (κ3) is 4.57. The lowest BCUT2D eigenvalue weighted by atomic mass is 9.80. The average molecular weight is 433 g/mol. The third-order valence-electron chi connectivity index (χ3n) is 5.60. The molecule has 0 fully saturated rings. The Hall–Kier alpha value is -2.53. The predicted molar refractivity (Wildman–Crippen MR) is 127 cm³/mol. The SMILES string of the molecule is CCS[C@H]1C=CO[C@H](COC(c2ccccc2)(c2ccccc2)c2ccccc2)[C@@H]1O. The number of aliphatic hydroxyl groups excluding tert-OH is 1. The van der Waals surface area contributed by atoms with Crippen LogP contribution >= 0.6 is 11.8 Å². The molecule has 0 aliphatic carbocycles. The maximum atomic E-state index is 10.9. The van der Waals surface area contributed by atoms with Gasteiger partial charge in [-0.05, 0) is 28.5 Å². The number of hydrogen-bond donors (Lipinski definition) is 1. The summed E-state index contributed by atoms with van der Waals surface area (Å²) < 4.78 is 12.6. The second-order valence-electron chi connectivity index (χ2n) is 7.50. The molecule has 0 unspecified atom stereocenters. The summed E-state index contributed by atoms with van der Waals surface area (Å²) in [5, 5.41) is 10.9. The second kappa shape index (κ2) is 10.2. The Morgan fingerprint density at radius 1 is 0.839 bits per heavy atom. The standard InChI is InChI=1S/C27H28O3S/c1-2-31-25-18-19-29-24(26(25)28)20-30-27(21-12-6-3-7-13-21,22-14-8-4-9-15-22)23-16-10-5-11-17-23/h3-19,24-26,28H,2,20H2,1H3/t24-,25+,26+/m1/s1. The minimum absolute atomic E-state index is 0.00641. The topological polar surface area (TPSA) is 38.7 Å². The van der Waals surface area contributed by atoms with Gasteiger partial charge in [0.15, 0.2) is 0 Å². The molecule has 0 aromatic heterocycles. The molecule has 3 atom stereocenters. The first kappa shape index (κ1) is 21.7. The van der Waals surface area contributed by atoms with E-state index < -0.39 is 17.8 Å². The van der Waals surface area contributed by atoms with Crippen molar-refractivity contribution in [2.24, 2.45) is 0 Å². The average Bonchev–Trinajstić information content (AvgIpc) is 2.84. The Kier molecular flexibility index (Phi) is 7.13. The largest absolute Gasteiger partial charge is 0.493 e. The quantitative estimate of drug-likeness (QED) is 0.485. The highest BCUT2D eigenvalue weighted by Gasteiger charge is 2.40. The molecule has 1 aliphatic rings. The summed E-state index contributed by atoms with van der Waals surface area (Å²) >= 11 is 1.71. The first-order chi connectivity index (χ1) is 15.3. The van der Waals surface area contributed by atoms with Crippen LogP contribution in [-0.2, 0) is 15.1 Å². The maximum absolute atomic E-state index is 10.9. The lowest BCUT2D eigenvalue weighted by molar-refractivity contribution is -0.0858. The zero-order valence-corrected chi connectivity index (χ0v) is 18.4. The van der Waals surface area contributed by atoms with Gasteiger partial charge in [0.2, 0.25) is 0 Å². The van der Waals surface area contributed by atoms with Gasteiger partial charge in [0.1, 0.15) is 17.8 Å². The minimum atomic E-state index is -0.818. The Morgan fingerprint density at radius 2 is 1.32 bits per heavy atom. The summed E-state index contributed by atoms with van der Waals surface area (Å²) in [7, 11) is 0. The number of aliphatic hydroxyl groups is 1. The molecule has 0 bridgehead atoms. The van der Waals surface area contributed by atoms with Crippen LogP contribution in [0.1, 0.15) is 23.6 Å². The van der Waals surface area contributed by atoms with Crippen molar-refractivity contribution in [1.82, 2.24) is 0 Å². The minimum Gasteiger partial charge on any atom is -0.493 e. The fourth-order valence-electron chi connectivity index (χ4n) is 4.09. The number of ether oxygens (including phenoxy) is 2. The van der Waals surface area contributed by atoms with Crippen LogP contribution in [0.2, 0.25) is 0 Å². The van der Waals surface area contributed by atoms with Crippen molar-refractivity contribution in [2.45, 2.75) is 30.0 Å². The summed E-state index contributed by atoms with van der Waals surface area (Å²) in [5.41, 5.74) is 2.29. The van der Waals surface area contributed by atoms with E-state index in [4.69, 9.17) is 9.47 Å². The molecule has 31 heavy (non-hydrogen) atoms. The molecule has 160 valence electrons. The van der Waals surface area contributed by atoms with Crippen molar-refractivity contribution in [1.29, 1.82) is 0 Å². The van der Waals surface area contributed by atoms with E-state index in [2.05, 4.69) is 43.3 Å². The lowest BCUT2D eigenvalue weighted by Crippen LogP contribution is -2.44. The molecule has 1 N–H and O–H groups in total. The van der Waals surface area contributed by atoms with Crippen LogP contribution in [0.3, 0.4) is 0 Å². The zero-order chi connectivity index (χ0) is 21.5. The molecular formula is C27H28O3S. The van der Waals surface area contributed by atoms with Crippen molar-refractivity contribution in [2.75, 3.05) is 12.4 Å². The Bertz CT molecular complexity index is 863. The van der Waals surface area contributed by atoms with Gasteiger partial charge in [0.05, 0.1) is 18.1 Å². The number of benzene rings is 3. The Morgan fingerprint density at radius 3 is 1.77 bits per heavy atom. The van der Waals surface area contributed by atoms with Gasteiger partial charge in [-0.1, -0.05) is 97.9 Å². The molecule has 3 nitrogen and oxygen atoms in total. The van der Waals surface area contributed by atoms with Gasteiger partial charge in [-0.3, -0.25) is 0 Å². The highest BCUT2D eigenvalue weighted by atomic mass is 32.2. The second-order valence-corrected chi connectivity index (χ2v) is 8.96. The first-order valence-electron chi connectivity index (χ1n) is 10.7. The van der Waals surface area contributed by atoms with Crippen LogP contribution in [0, 0.1) is 0 Å². The fourth-order valence-corrected chi connectivity index (χ4v) is 5.02. The first-order valence-corrected chi connectivity index (χ1v) is 11.7. The van der Waals surface area contributed by atoms with Crippen LogP contribution in [0.5, 0.6) is 0 Å². The van der Waals surface area contributed by atoms with Crippen LogP contribution in [0.4, 0.5) is 0 Å². The maximum Gasteiger partial charge on any atom is 0.148 e. The summed E-state index contributed by atoms with van der Waals surface area (Å²) in [4.78, 5) is 0. The molecule has 0 radical (unpaired) electrons. The van der Waals surface area contributed by atoms with E-state index in [1.807, 2.05) is 60.7 Å². The molecule has 4 rings (SSSR count). The summed E-state index contributed by atoms with van der Waals surface area (Å²) in [6, 6.07) is 30.8. The summed E-state index contributed by atoms with van der Waals surface area (Å²) in [6.07, 6.45) is 2.55. The smallest absolute Gasteiger partial charge is 0.148 e. The molecule has 0 saturated heterocycles. The van der Waals surface area contributed by atoms with Crippen LogP contribution in [0.25, 0.3) is 0 Å². The van der Waals surface area contributed by atoms with E-state index in [-0.39, 0.29) is 11.9 Å². The van der Waals surface area contributed by atoms with Crippen molar-refractivity contribution < 1.29 is 14.6 Å².